The van der Waals surface area contributed by atoms with E-state index in [4.69, 9.17) is 5.73 Å². The van der Waals surface area contributed by atoms with Crippen molar-refractivity contribution < 1.29 is 35.9 Å². The van der Waals surface area contributed by atoms with Crippen molar-refractivity contribution in [2.24, 2.45) is 10.9 Å². The molecule has 234 valence electrons. The second-order valence-corrected chi connectivity index (χ2v) is 10.5. The lowest BCUT2D eigenvalue weighted by Crippen LogP contribution is -2.34. The summed E-state index contributed by atoms with van der Waals surface area (Å²) in [5.74, 6) is -4.47. The first-order valence-corrected chi connectivity index (χ1v) is 13.6. The van der Waals surface area contributed by atoms with Crippen LogP contribution in [-0.4, -0.2) is 32.6 Å². The van der Waals surface area contributed by atoms with E-state index in [0.29, 0.717) is 11.6 Å². The SMILES string of the molecule is NC(=O)c1cc(-c2cccnc2C(Cc2cc(F)cc(F)c2)NC(=O)Cn2nc(C(F)(F)F)c3c2CCC(N=O)C3)ccc1F. The second kappa shape index (κ2) is 12.5. The van der Waals surface area contributed by atoms with E-state index in [1.54, 1.807) is 6.07 Å². The highest BCUT2D eigenvalue weighted by molar-refractivity contribution is 5.94. The fraction of sp³-hybridized carbons (Fsp3) is 0.267. The first-order valence-electron chi connectivity index (χ1n) is 13.6. The molecule has 15 heteroatoms. The number of nitrogens with one attached hydrogen (secondary N) is 1. The van der Waals surface area contributed by atoms with Crippen molar-refractivity contribution in [2.75, 3.05) is 0 Å². The largest absolute Gasteiger partial charge is 0.435 e. The minimum atomic E-state index is -4.84. The van der Waals surface area contributed by atoms with Crippen LogP contribution in [0.2, 0.25) is 0 Å². The van der Waals surface area contributed by atoms with E-state index in [1.807, 2.05) is 0 Å². The molecule has 0 bridgehead atoms. The molecule has 2 atom stereocenters. The van der Waals surface area contributed by atoms with Crippen LogP contribution < -0.4 is 11.1 Å². The number of nitrogens with zero attached hydrogens (tertiary/aromatic N) is 4. The summed E-state index contributed by atoms with van der Waals surface area (Å²) < 4.78 is 84.7. The third-order valence-corrected chi connectivity index (χ3v) is 7.44. The number of rotatable bonds is 9. The number of benzene rings is 2. The Morgan fingerprint density at radius 3 is 2.49 bits per heavy atom. The number of hydrogen-bond donors (Lipinski definition) is 2. The average molecular weight is 631 g/mol. The van der Waals surface area contributed by atoms with Gasteiger partial charge in [-0.2, -0.15) is 23.2 Å². The van der Waals surface area contributed by atoms with Gasteiger partial charge in [-0.3, -0.25) is 19.3 Å². The molecule has 2 heterocycles. The number of carbonyl (C=O) groups is 2. The van der Waals surface area contributed by atoms with Crippen molar-refractivity contribution >= 4 is 11.8 Å². The van der Waals surface area contributed by atoms with Gasteiger partial charge in [0.25, 0.3) is 5.91 Å². The molecule has 0 radical (unpaired) electrons. The zero-order chi connectivity index (χ0) is 32.5. The van der Waals surface area contributed by atoms with Crippen molar-refractivity contribution in [1.29, 1.82) is 0 Å². The van der Waals surface area contributed by atoms with E-state index in [1.165, 1.54) is 24.4 Å². The standard InChI is InChI=1S/C30H24F6N6O3/c31-17-8-15(9-18(32)12-17)10-24(27-20(2-1-7-38-27)16-3-5-23(33)21(11-16)29(37)44)39-26(43)14-42-25-6-4-19(41-45)13-22(25)28(40-42)30(34,35)36/h1-3,5,7-9,11-12,19,24H,4,6,10,13-14H2,(H2,37,44)(H,39,43). The molecule has 4 aromatic rings. The number of nitroso groups, excluding NO2 is 1. The maximum Gasteiger partial charge on any atom is 0.435 e. The third-order valence-electron chi connectivity index (χ3n) is 7.44. The maximum atomic E-state index is 14.2. The van der Waals surface area contributed by atoms with Gasteiger partial charge in [0.15, 0.2) is 5.69 Å². The predicted molar refractivity (Wildman–Crippen MR) is 148 cm³/mol. The molecule has 0 fully saturated rings. The van der Waals surface area contributed by atoms with Crippen LogP contribution in [0.3, 0.4) is 0 Å². The molecular weight excluding hydrogens is 606 g/mol. The molecule has 1 aliphatic carbocycles. The van der Waals surface area contributed by atoms with Crippen molar-refractivity contribution in [3.63, 3.8) is 0 Å². The number of alkyl halides is 3. The molecule has 2 amide bonds. The van der Waals surface area contributed by atoms with E-state index in [9.17, 15) is 40.8 Å². The summed E-state index contributed by atoms with van der Waals surface area (Å²) in [6.45, 7) is -0.657. The Morgan fingerprint density at radius 1 is 1.09 bits per heavy atom. The smallest absolute Gasteiger partial charge is 0.366 e. The molecule has 0 spiro atoms. The molecular formula is C30H24F6N6O3. The first kappa shape index (κ1) is 31.3. The van der Waals surface area contributed by atoms with Crippen LogP contribution in [0.25, 0.3) is 11.1 Å². The molecule has 9 nitrogen and oxygen atoms in total. The first-order chi connectivity index (χ1) is 21.3. The van der Waals surface area contributed by atoms with Gasteiger partial charge in [0.05, 0.1) is 23.3 Å². The Morgan fingerprint density at radius 2 is 1.82 bits per heavy atom. The van der Waals surface area contributed by atoms with Crippen LogP contribution in [-0.2, 0) is 36.8 Å². The topological polar surface area (TPSA) is 132 Å². The number of pyridine rings is 1. The van der Waals surface area contributed by atoms with Crippen molar-refractivity contribution in [3.05, 3.63) is 111 Å². The highest BCUT2D eigenvalue weighted by Crippen LogP contribution is 2.37. The molecule has 2 aromatic carbocycles. The highest BCUT2D eigenvalue weighted by Gasteiger charge is 2.41. The van der Waals surface area contributed by atoms with Gasteiger partial charge in [-0.05, 0) is 60.7 Å². The number of aromatic nitrogens is 3. The van der Waals surface area contributed by atoms with Gasteiger partial charge < -0.3 is 11.1 Å². The molecule has 45 heavy (non-hydrogen) atoms. The summed E-state index contributed by atoms with van der Waals surface area (Å²) in [5.41, 5.74) is 4.48. The fourth-order valence-corrected chi connectivity index (χ4v) is 5.50. The van der Waals surface area contributed by atoms with Gasteiger partial charge in [-0.15, -0.1) is 0 Å². The number of carbonyl (C=O) groups excluding carboxylic acids is 2. The van der Waals surface area contributed by atoms with Crippen LogP contribution in [0.4, 0.5) is 26.3 Å². The summed E-state index contributed by atoms with van der Waals surface area (Å²) in [5, 5.41) is 9.21. The molecule has 3 N–H and O–H groups in total. The van der Waals surface area contributed by atoms with Crippen molar-refractivity contribution in [1.82, 2.24) is 20.1 Å². The Labute approximate surface area is 251 Å². The van der Waals surface area contributed by atoms with Crippen LogP contribution in [0.5, 0.6) is 0 Å². The van der Waals surface area contributed by atoms with E-state index in [-0.39, 0.29) is 53.8 Å². The lowest BCUT2D eigenvalue weighted by Gasteiger charge is -2.22. The van der Waals surface area contributed by atoms with E-state index < -0.39 is 65.3 Å². The number of hydrogen-bond acceptors (Lipinski definition) is 6. The summed E-state index contributed by atoms with van der Waals surface area (Å²) >= 11 is 0. The number of nitrogens with two attached hydrogens (primary N) is 1. The zero-order valence-electron chi connectivity index (χ0n) is 23.2. The third kappa shape index (κ3) is 6.86. The molecule has 2 unspecified atom stereocenters. The monoisotopic (exact) mass is 630 g/mol. The normalized spacial score (nSPS) is 15.3. The second-order valence-electron chi connectivity index (χ2n) is 10.5. The maximum absolute atomic E-state index is 14.2. The Kier molecular flexibility index (Phi) is 8.71. The number of amides is 2. The van der Waals surface area contributed by atoms with Crippen LogP contribution in [0.15, 0.2) is 59.9 Å². The van der Waals surface area contributed by atoms with E-state index in [2.05, 4.69) is 20.6 Å². The van der Waals surface area contributed by atoms with Gasteiger partial charge in [0.1, 0.15) is 24.0 Å². The summed E-state index contributed by atoms with van der Waals surface area (Å²) in [4.78, 5) is 40.6. The van der Waals surface area contributed by atoms with Gasteiger partial charge in [0.2, 0.25) is 5.91 Å². The fourth-order valence-electron chi connectivity index (χ4n) is 5.50. The zero-order valence-corrected chi connectivity index (χ0v) is 23.2. The minimum Gasteiger partial charge on any atom is -0.366 e. The van der Waals surface area contributed by atoms with Crippen molar-refractivity contribution in [3.8, 4) is 11.1 Å². The van der Waals surface area contributed by atoms with Gasteiger partial charge in [0, 0.05) is 35.5 Å². The summed E-state index contributed by atoms with van der Waals surface area (Å²) in [6, 6.07) is 7.43. The lowest BCUT2D eigenvalue weighted by atomic mass is 9.92. The highest BCUT2D eigenvalue weighted by atomic mass is 19.4. The quantitative estimate of drug-likeness (QED) is 0.194. The van der Waals surface area contributed by atoms with E-state index in [0.717, 1.165) is 22.9 Å². The Hall–Kier alpha value is -5.08. The van der Waals surface area contributed by atoms with E-state index >= 15 is 0 Å². The predicted octanol–water partition coefficient (Wildman–Crippen LogP) is 5.20. The van der Waals surface area contributed by atoms with Crippen LogP contribution >= 0.6 is 0 Å². The molecule has 1 aliphatic rings. The van der Waals surface area contributed by atoms with Crippen LogP contribution in [0.1, 0.15) is 51.0 Å². The summed E-state index contributed by atoms with van der Waals surface area (Å²) in [7, 11) is 0. The molecule has 0 saturated heterocycles. The lowest BCUT2D eigenvalue weighted by molar-refractivity contribution is -0.142. The van der Waals surface area contributed by atoms with Gasteiger partial charge >= 0.3 is 6.18 Å². The van der Waals surface area contributed by atoms with Gasteiger partial charge in [-0.25, -0.2) is 13.2 Å². The molecule has 2 aromatic heterocycles. The Balaban J connectivity index is 1.52. The van der Waals surface area contributed by atoms with Crippen molar-refractivity contribution in [2.45, 2.75) is 50.5 Å². The number of primary amides is 1. The molecule has 5 rings (SSSR count). The Bertz CT molecular complexity index is 1770. The van der Waals surface area contributed by atoms with Gasteiger partial charge in [-0.1, -0.05) is 17.3 Å². The summed E-state index contributed by atoms with van der Waals surface area (Å²) in [6.07, 6.45) is -3.75. The number of fused-ring (bicyclic) bond motifs is 1. The molecule has 0 saturated carbocycles. The molecule has 0 aliphatic heterocycles. The minimum absolute atomic E-state index is 0.0330. The number of halogens is 6. The average Bonchev–Trinajstić information content (AvgIpc) is 3.34. The van der Waals surface area contributed by atoms with Crippen LogP contribution in [0, 0.1) is 22.4 Å².